The predicted octanol–water partition coefficient (Wildman–Crippen LogP) is -0.0837. The smallest absolute Gasteiger partial charge is 0.221 e. The molecular formula is C12H25N3O3S. The molecule has 0 radical (unpaired) electrons. The predicted molar refractivity (Wildman–Crippen MR) is 75.4 cm³/mol. The molecule has 0 aromatic heterocycles. The van der Waals surface area contributed by atoms with E-state index in [2.05, 4.69) is 10.6 Å². The quantitative estimate of drug-likeness (QED) is 0.643. The van der Waals surface area contributed by atoms with Crippen molar-refractivity contribution < 1.29 is 13.2 Å². The zero-order chi connectivity index (χ0) is 14.3. The van der Waals surface area contributed by atoms with Crippen LogP contribution >= 0.6 is 0 Å². The Balaban J connectivity index is 2.24. The summed E-state index contributed by atoms with van der Waals surface area (Å²) in [6, 6.07) is 0.218. The minimum absolute atomic E-state index is 0.0984. The molecule has 7 heteroatoms. The van der Waals surface area contributed by atoms with Gasteiger partial charge in [0.05, 0.1) is 6.26 Å². The van der Waals surface area contributed by atoms with Crippen molar-refractivity contribution >= 4 is 15.9 Å². The monoisotopic (exact) mass is 291 g/mol. The van der Waals surface area contributed by atoms with E-state index in [1.807, 2.05) is 6.92 Å². The lowest BCUT2D eigenvalue weighted by atomic mass is 10.1. The van der Waals surface area contributed by atoms with Gasteiger partial charge in [-0.3, -0.25) is 4.79 Å². The molecular weight excluding hydrogens is 266 g/mol. The summed E-state index contributed by atoms with van der Waals surface area (Å²) < 4.78 is 24.3. The van der Waals surface area contributed by atoms with Crippen molar-refractivity contribution in [1.29, 1.82) is 0 Å². The van der Waals surface area contributed by atoms with Gasteiger partial charge in [0.1, 0.15) is 0 Å². The lowest BCUT2D eigenvalue weighted by Crippen LogP contribution is -2.36. The first-order chi connectivity index (χ1) is 8.93. The molecule has 6 nitrogen and oxygen atoms in total. The third-order valence-electron chi connectivity index (χ3n) is 3.32. The van der Waals surface area contributed by atoms with E-state index in [0.717, 1.165) is 32.4 Å². The Labute approximate surface area is 116 Å². The molecule has 0 spiro atoms. The minimum Gasteiger partial charge on any atom is -0.356 e. The van der Waals surface area contributed by atoms with Crippen LogP contribution in [-0.2, 0) is 14.8 Å². The van der Waals surface area contributed by atoms with E-state index in [-0.39, 0.29) is 11.9 Å². The van der Waals surface area contributed by atoms with Crippen LogP contribution in [0, 0.1) is 0 Å². The third kappa shape index (κ3) is 6.35. The Morgan fingerprint density at radius 1 is 1.47 bits per heavy atom. The number of hydrogen-bond donors (Lipinski definition) is 2. The van der Waals surface area contributed by atoms with Crippen molar-refractivity contribution in [2.75, 3.05) is 32.4 Å². The van der Waals surface area contributed by atoms with Crippen LogP contribution in [-0.4, -0.2) is 57.1 Å². The van der Waals surface area contributed by atoms with Gasteiger partial charge in [-0.2, -0.15) is 0 Å². The summed E-state index contributed by atoms with van der Waals surface area (Å²) >= 11 is 0. The summed E-state index contributed by atoms with van der Waals surface area (Å²) in [6.07, 6.45) is 4.50. The standard InChI is InChI=1S/C12H25N3O3S/c1-3-15(19(2,17)18)9-5-8-13-11-6-4-7-14-12(16)10-11/h11,13H,3-10H2,1-2H3,(H,14,16). The Kier molecular flexibility index (Phi) is 6.74. The molecule has 0 saturated carbocycles. The summed E-state index contributed by atoms with van der Waals surface area (Å²) in [5.74, 6) is 0.0984. The van der Waals surface area contributed by atoms with Gasteiger partial charge in [-0.05, 0) is 25.8 Å². The normalized spacial score (nSPS) is 21.2. The molecule has 0 aliphatic carbocycles. The zero-order valence-electron chi connectivity index (χ0n) is 11.8. The van der Waals surface area contributed by atoms with Crippen LogP contribution in [0.1, 0.15) is 32.6 Å². The Hall–Kier alpha value is -0.660. The molecule has 1 heterocycles. The third-order valence-corrected chi connectivity index (χ3v) is 4.70. The van der Waals surface area contributed by atoms with Gasteiger partial charge in [-0.25, -0.2) is 12.7 Å². The number of rotatable bonds is 7. The van der Waals surface area contributed by atoms with Gasteiger partial charge in [-0.1, -0.05) is 6.92 Å². The first kappa shape index (κ1) is 16.4. The molecule has 1 rings (SSSR count). The second kappa shape index (κ2) is 7.81. The fraction of sp³-hybridized carbons (Fsp3) is 0.917. The van der Waals surface area contributed by atoms with Crippen molar-refractivity contribution in [3.63, 3.8) is 0 Å². The molecule has 1 aliphatic rings. The molecule has 1 aliphatic heterocycles. The molecule has 0 aromatic carbocycles. The van der Waals surface area contributed by atoms with Crippen LogP contribution in [0.5, 0.6) is 0 Å². The summed E-state index contributed by atoms with van der Waals surface area (Å²) in [7, 11) is -3.09. The van der Waals surface area contributed by atoms with E-state index >= 15 is 0 Å². The summed E-state index contributed by atoms with van der Waals surface area (Å²) in [5, 5.41) is 6.19. The number of hydrogen-bond acceptors (Lipinski definition) is 4. The lowest BCUT2D eigenvalue weighted by Gasteiger charge is -2.19. The van der Waals surface area contributed by atoms with Gasteiger partial charge in [0.15, 0.2) is 0 Å². The van der Waals surface area contributed by atoms with Gasteiger partial charge >= 0.3 is 0 Å². The van der Waals surface area contributed by atoms with E-state index in [9.17, 15) is 13.2 Å². The average molecular weight is 291 g/mol. The van der Waals surface area contributed by atoms with Crippen molar-refractivity contribution in [1.82, 2.24) is 14.9 Å². The van der Waals surface area contributed by atoms with Crippen LogP contribution in [0.2, 0.25) is 0 Å². The molecule has 0 bridgehead atoms. The Morgan fingerprint density at radius 2 is 2.21 bits per heavy atom. The molecule has 112 valence electrons. The molecule has 2 N–H and O–H groups in total. The largest absolute Gasteiger partial charge is 0.356 e. The maximum absolute atomic E-state index is 11.4. The van der Waals surface area contributed by atoms with Gasteiger partial charge in [-0.15, -0.1) is 0 Å². The van der Waals surface area contributed by atoms with Gasteiger partial charge in [0.25, 0.3) is 0 Å². The van der Waals surface area contributed by atoms with Crippen LogP contribution < -0.4 is 10.6 Å². The summed E-state index contributed by atoms with van der Waals surface area (Å²) in [4.78, 5) is 11.4. The first-order valence-electron chi connectivity index (χ1n) is 6.88. The van der Waals surface area contributed by atoms with Crippen LogP contribution in [0.4, 0.5) is 0 Å². The van der Waals surface area contributed by atoms with Crippen molar-refractivity contribution in [2.45, 2.75) is 38.6 Å². The fourth-order valence-corrected chi connectivity index (χ4v) is 3.20. The van der Waals surface area contributed by atoms with Gasteiger partial charge < -0.3 is 10.6 Å². The van der Waals surface area contributed by atoms with E-state index < -0.39 is 10.0 Å². The highest BCUT2D eigenvalue weighted by Crippen LogP contribution is 2.06. The van der Waals surface area contributed by atoms with Crippen molar-refractivity contribution in [3.05, 3.63) is 0 Å². The highest BCUT2D eigenvalue weighted by molar-refractivity contribution is 7.88. The number of carbonyl (C=O) groups excluding carboxylic acids is 1. The molecule has 1 amide bonds. The molecule has 1 unspecified atom stereocenters. The molecule has 19 heavy (non-hydrogen) atoms. The second-order valence-corrected chi connectivity index (χ2v) is 6.94. The zero-order valence-corrected chi connectivity index (χ0v) is 12.6. The van der Waals surface area contributed by atoms with Crippen molar-refractivity contribution in [3.8, 4) is 0 Å². The van der Waals surface area contributed by atoms with Crippen molar-refractivity contribution in [2.24, 2.45) is 0 Å². The van der Waals surface area contributed by atoms with E-state index in [1.165, 1.54) is 10.6 Å². The second-order valence-electron chi connectivity index (χ2n) is 4.96. The van der Waals surface area contributed by atoms with E-state index in [4.69, 9.17) is 0 Å². The number of nitrogens with zero attached hydrogens (tertiary/aromatic N) is 1. The summed E-state index contributed by atoms with van der Waals surface area (Å²) in [5.41, 5.74) is 0. The average Bonchev–Trinajstić information content (AvgIpc) is 2.52. The van der Waals surface area contributed by atoms with Gasteiger partial charge in [0, 0.05) is 32.1 Å². The Bertz CT molecular complexity index is 384. The highest BCUT2D eigenvalue weighted by atomic mass is 32.2. The molecule has 1 atom stereocenters. The highest BCUT2D eigenvalue weighted by Gasteiger charge is 2.17. The lowest BCUT2D eigenvalue weighted by molar-refractivity contribution is -0.121. The maximum atomic E-state index is 11.4. The summed E-state index contributed by atoms with van der Waals surface area (Å²) in [6.45, 7) is 4.37. The minimum atomic E-state index is -3.09. The SMILES string of the molecule is CCN(CCCNC1CCCNC(=O)C1)S(C)(=O)=O. The van der Waals surface area contributed by atoms with Crippen LogP contribution in [0.15, 0.2) is 0 Å². The van der Waals surface area contributed by atoms with E-state index in [0.29, 0.717) is 19.5 Å². The first-order valence-corrected chi connectivity index (χ1v) is 8.73. The van der Waals surface area contributed by atoms with Crippen LogP contribution in [0.3, 0.4) is 0 Å². The number of carbonyl (C=O) groups is 1. The van der Waals surface area contributed by atoms with Gasteiger partial charge in [0.2, 0.25) is 15.9 Å². The topological polar surface area (TPSA) is 78.5 Å². The maximum Gasteiger partial charge on any atom is 0.221 e. The Morgan fingerprint density at radius 3 is 2.84 bits per heavy atom. The number of amides is 1. The molecule has 1 saturated heterocycles. The van der Waals surface area contributed by atoms with Crippen LogP contribution in [0.25, 0.3) is 0 Å². The number of nitrogens with one attached hydrogen (secondary N) is 2. The van der Waals surface area contributed by atoms with E-state index in [1.54, 1.807) is 0 Å². The molecule has 0 aromatic rings. The molecule has 1 fully saturated rings. The number of sulfonamides is 1. The fourth-order valence-electron chi connectivity index (χ4n) is 2.27.